The summed E-state index contributed by atoms with van der Waals surface area (Å²) in [5.74, 6) is 13.7. The van der Waals surface area contributed by atoms with Crippen molar-refractivity contribution in [2.24, 2.45) is 100 Å². The lowest BCUT2D eigenvalue weighted by Crippen LogP contribution is -2.29. The molecule has 0 aliphatic heterocycles. The molecule has 0 saturated heterocycles. The maximum atomic E-state index is 2.38. The van der Waals surface area contributed by atoms with Crippen LogP contribution in [-0.2, 0) is 0 Å². The van der Waals surface area contributed by atoms with Gasteiger partial charge in [-0.15, -0.1) is 0 Å². The molecule has 1 atom stereocenters. The second kappa shape index (κ2) is 39.2. The lowest BCUT2D eigenvalue weighted by Gasteiger charge is -2.37. The highest BCUT2D eigenvalue weighted by atomic mass is 14.3. The van der Waals surface area contributed by atoms with E-state index in [4.69, 9.17) is 0 Å². The van der Waals surface area contributed by atoms with Crippen molar-refractivity contribution in [3.05, 3.63) is 0 Å². The molecular formula is C52H122. The van der Waals surface area contributed by atoms with Gasteiger partial charge in [-0.05, 0) is 107 Å². The van der Waals surface area contributed by atoms with Crippen LogP contribution in [-0.4, -0.2) is 0 Å². The van der Waals surface area contributed by atoms with Crippen LogP contribution >= 0.6 is 0 Å². The quantitative estimate of drug-likeness (QED) is 0.166. The van der Waals surface area contributed by atoms with Crippen molar-refractivity contribution in [2.75, 3.05) is 0 Å². The van der Waals surface area contributed by atoms with Gasteiger partial charge in [0.25, 0.3) is 0 Å². The van der Waals surface area contributed by atoms with Crippen LogP contribution in [0.25, 0.3) is 0 Å². The molecule has 0 spiro atoms. The summed E-state index contributed by atoms with van der Waals surface area (Å²) in [6.07, 6.45) is 4.01. The van der Waals surface area contributed by atoms with Gasteiger partial charge in [-0.25, -0.2) is 0 Å². The Morgan fingerprint density at radius 2 is 0.577 bits per heavy atom. The van der Waals surface area contributed by atoms with Crippen LogP contribution in [0.3, 0.4) is 0 Å². The van der Waals surface area contributed by atoms with Crippen LogP contribution < -0.4 is 0 Å². The first-order valence-corrected chi connectivity index (χ1v) is 21.4. The topological polar surface area (TPSA) is 0 Å². The Kier molecular flexibility index (Phi) is 55.2. The number of hydrogen-bond acceptors (Lipinski definition) is 0. The molecule has 330 valence electrons. The molecule has 1 unspecified atom stereocenters. The monoisotopic (exact) mass is 747 g/mol. The maximum absolute atomic E-state index is 2.38. The van der Waals surface area contributed by atoms with Crippen molar-refractivity contribution < 1.29 is 0 Å². The van der Waals surface area contributed by atoms with Crippen LogP contribution in [0.15, 0.2) is 0 Å². The lowest BCUT2D eigenvalue weighted by atomic mass is 9.69. The average molecular weight is 748 g/mol. The highest BCUT2D eigenvalue weighted by Gasteiger charge is 2.29. The van der Waals surface area contributed by atoms with E-state index in [-0.39, 0.29) is 29.7 Å². The van der Waals surface area contributed by atoms with Gasteiger partial charge in [0.2, 0.25) is 0 Å². The zero-order valence-corrected chi connectivity index (χ0v) is 39.9. The van der Waals surface area contributed by atoms with Crippen molar-refractivity contribution in [3.63, 3.8) is 0 Å². The molecule has 0 radical (unpaired) electrons. The normalized spacial score (nSPS) is 12.1. The van der Waals surface area contributed by atoms with Crippen molar-refractivity contribution >= 4 is 0 Å². The second-order valence-electron chi connectivity index (χ2n) is 20.7. The Bertz CT molecular complexity index is 584. The van der Waals surface area contributed by atoms with Gasteiger partial charge in [0, 0.05) is 0 Å². The summed E-state index contributed by atoms with van der Waals surface area (Å²) in [7, 11) is 0. The molecule has 0 fully saturated rings. The van der Waals surface area contributed by atoms with Crippen molar-refractivity contribution in [1.82, 2.24) is 0 Å². The summed E-state index contributed by atoms with van der Waals surface area (Å²) < 4.78 is 0. The third-order valence-electron chi connectivity index (χ3n) is 10.7. The maximum Gasteiger partial charge on any atom is -0.0319 e. The summed E-state index contributed by atoms with van der Waals surface area (Å²) >= 11 is 0. The first-order chi connectivity index (χ1) is 21.4. The van der Waals surface area contributed by atoms with Crippen molar-refractivity contribution in [3.8, 4) is 0 Å². The van der Waals surface area contributed by atoms with Crippen LogP contribution in [0, 0.1) is 100 Å². The molecule has 0 amide bonds. The molecule has 52 heavy (non-hydrogen) atoms. The highest BCUT2D eigenvalue weighted by molar-refractivity contribution is 4.79. The fraction of sp³-hybridized carbons (Fsp3) is 1.00. The molecule has 0 aromatic heterocycles. The van der Waals surface area contributed by atoms with Gasteiger partial charge in [-0.2, -0.15) is 0 Å². The fourth-order valence-electron chi connectivity index (χ4n) is 10.1. The van der Waals surface area contributed by atoms with Crippen molar-refractivity contribution in [2.45, 2.75) is 243 Å². The highest BCUT2D eigenvalue weighted by Crippen LogP contribution is 2.37. The van der Waals surface area contributed by atoms with Gasteiger partial charge in [0.05, 0.1) is 0 Å². The average Bonchev–Trinajstić information content (AvgIpc) is 2.81. The molecule has 0 heterocycles. The zero-order valence-electron chi connectivity index (χ0n) is 39.9. The van der Waals surface area contributed by atoms with Crippen LogP contribution in [0.2, 0.25) is 0 Å². The van der Waals surface area contributed by atoms with Crippen LogP contribution in [0.4, 0.5) is 0 Å². The predicted octanol–water partition coefficient (Wildman–Crippen LogP) is 20.0. The summed E-state index contributed by atoms with van der Waals surface area (Å²) in [6, 6.07) is 0. The second-order valence-corrected chi connectivity index (χ2v) is 20.7. The van der Waals surface area contributed by atoms with Crippen molar-refractivity contribution in [1.29, 1.82) is 0 Å². The summed E-state index contributed by atoms with van der Waals surface area (Å²) in [5.41, 5.74) is 0.461. The van der Waals surface area contributed by atoms with Gasteiger partial charge >= 0.3 is 0 Å². The molecule has 0 aromatic carbocycles. The third kappa shape index (κ3) is 41.2. The van der Waals surface area contributed by atoms with Crippen LogP contribution in [0.1, 0.15) is 243 Å². The Labute approximate surface area is 341 Å². The minimum Gasteiger partial charge on any atom is -0.0776 e. The van der Waals surface area contributed by atoms with E-state index in [9.17, 15) is 0 Å². The molecule has 0 heteroatoms. The van der Waals surface area contributed by atoms with E-state index in [0.717, 1.165) is 94.7 Å². The predicted molar refractivity (Wildman–Crippen MR) is 258 cm³/mol. The van der Waals surface area contributed by atoms with E-state index >= 15 is 0 Å². The van der Waals surface area contributed by atoms with E-state index in [1.54, 1.807) is 0 Å². The smallest absolute Gasteiger partial charge is 0.0319 e. The standard InChI is InChI=1S/2C11H24.C10H22.C9H20.C7H16.4CH4/c1-8(2)10(9(3)4)11(5,6)7;1-7-10(6)11(8(2)3)9(4)5;1-7(2)10(8(3)4)9(5)6;1-6-9(7(2)3)8(4)5;1-6(2)5-7(3)4;;;;/h8-10H,1-7H3;8-11H,7H2,1-6H3;7-10H,1-6H3;7-9H,6H2,1-5H3;6-7H,5H2,1-4H3;4*1H4. The zero-order chi connectivity index (χ0) is 39.9. The van der Waals surface area contributed by atoms with Gasteiger partial charge in [0.1, 0.15) is 0 Å². The van der Waals surface area contributed by atoms with Gasteiger partial charge in [-0.1, -0.05) is 236 Å². The van der Waals surface area contributed by atoms with E-state index in [1.807, 2.05) is 0 Å². The lowest BCUT2D eigenvalue weighted by molar-refractivity contribution is 0.124. The largest absolute Gasteiger partial charge is 0.0776 e. The Morgan fingerprint density at radius 3 is 0.596 bits per heavy atom. The van der Waals surface area contributed by atoms with Gasteiger partial charge < -0.3 is 0 Å². The summed E-state index contributed by atoms with van der Waals surface area (Å²) in [5, 5.41) is 0. The van der Waals surface area contributed by atoms with Crippen LogP contribution in [0.5, 0.6) is 0 Å². The SMILES string of the molecule is C.C.C.C.CC(C)C(C(C)C)C(C)(C)C.CC(C)C(C(C)C)C(C)C.CC(C)CC(C)C.CCC(C(C)C)C(C)C.CCC(C)C(C(C)C)C(C)C. The molecule has 0 saturated carbocycles. The Morgan fingerprint density at radius 1 is 0.327 bits per heavy atom. The number of hydrogen-bond donors (Lipinski definition) is 0. The number of rotatable bonds is 14. The Hall–Kier alpha value is 0. The van der Waals surface area contributed by atoms with E-state index in [2.05, 4.69) is 194 Å². The van der Waals surface area contributed by atoms with Gasteiger partial charge in [-0.3, -0.25) is 0 Å². The molecular weight excluding hydrogens is 625 g/mol. The molecule has 0 N–H and O–H groups in total. The summed E-state index contributed by atoms with van der Waals surface area (Å²) in [6.45, 7) is 64.9. The Balaban J connectivity index is -0.0000000627. The third-order valence-corrected chi connectivity index (χ3v) is 10.7. The molecule has 0 aliphatic carbocycles. The molecule has 0 aliphatic rings. The minimum atomic E-state index is 0. The van der Waals surface area contributed by atoms with E-state index in [1.165, 1.54) is 19.3 Å². The van der Waals surface area contributed by atoms with E-state index < -0.39 is 0 Å². The molecule has 0 aromatic rings. The summed E-state index contributed by atoms with van der Waals surface area (Å²) in [4.78, 5) is 0. The molecule has 0 nitrogen and oxygen atoms in total. The minimum absolute atomic E-state index is 0. The fourth-order valence-corrected chi connectivity index (χ4v) is 10.1. The van der Waals surface area contributed by atoms with E-state index in [0.29, 0.717) is 5.41 Å². The van der Waals surface area contributed by atoms with Gasteiger partial charge in [0.15, 0.2) is 0 Å². The molecule has 0 bridgehead atoms. The molecule has 0 rings (SSSR count). The first-order valence-electron chi connectivity index (χ1n) is 21.4. The first kappa shape index (κ1) is 73.1.